The summed E-state index contributed by atoms with van der Waals surface area (Å²) in [4.78, 5) is 0. The molecule has 0 radical (unpaired) electrons. The fourth-order valence-corrected chi connectivity index (χ4v) is 5.94. The number of benzene rings is 2. The first-order valence-electron chi connectivity index (χ1n) is 14.8. The quantitative estimate of drug-likeness (QED) is 0.138. The molecule has 220 valence electrons. The SMILES string of the molecule is C=CCCOc1ccc(COC2CCC(c3ccc(C4CCC(OCCCC)CC4)c(F)c3F)CC2)c(F)c1F. The number of rotatable bonds is 13. The molecule has 0 N–H and O–H groups in total. The van der Waals surface area contributed by atoms with Crippen LogP contribution < -0.4 is 4.74 Å². The smallest absolute Gasteiger partial charge is 0.200 e. The Kier molecular flexibility index (Phi) is 11.5. The average molecular weight is 563 g/mol. The monoisotopic (exact) mass is 562 g/mol. The van der Waals surface area contributed by atoms with Crippen molar-refractivity contribution in [2.45, 2.75) is 108 Å². The van der Waals surface area contributed by atoms with Crippen LogP contribution in [-0.2, 0) is 16.1 Å². The molecule has 0 atom stereocenters. The fourth-order valence-electron chi connectivity index (χ4n) is 5.94. The number of hydrogen-bond donors (Lipinski definition) is 0. The molecule has 2 saturated carbocycles. The molecule has 2 aliphatic rings. The van der Waals surface area contributed by atoms with Gasteiger partial charge in [0.1, 0.15) is 0 Å². The van der Waals surface area contributed by atoms with Crippen LogP contribution in [0.5, 0.6) is 5.75 Å². The fraction of sp³-hybridized carbons (Fsp3) is 0.576. The highest BCUT2D eigenvalue weighted by Crippen LogP contribution is 2.40. The Bertz CT molecular complexity index is 1110. The van der Waals surface area contributed by atoms with E-state index < -0.39 is 23.3 Å². The lowest BCUT2D eigenvalue weighted by molar-refractivity contribution is 0.0116. The molecular weight excluding hydrogens is 520 g/mol. The Hall–Kier alpha value is -2.38. The molecule has 7 heteroatoms. The zero-order valence-corrected chi connectivity index (χ0v) is 23.5. The molecule has 0 unspecified atom stereocenters. The zero-order valence-electron chi connectivity index (χ0n) is 23.5. The molecule has 0 aliphatic heterocycles. The summed E-state index contributed by atoms with van der Waals surface area (Å²) in [5, 5.41) is 0. The van der Waals surface area contributed by atoms with Gasteiger partial charge in [0.2, 0.25) is 5.82 Å². The molecule has 0 spiro atoms. The maximum atomic E-state index is 15.2. The van der Waals surface area contributed by atoms with Gasteiger partial charge in [-0.2, -0.15) is 4.39 Å². The van der Waals surface area contributed by atoms with Crippen molar-refractivity contribution >= 4 is 0 Å². The van der Waals surface area contributed by atoms with Gasteiger partial charge in [0.15, 0.2) is 23.2 Å². The summed E-state index contributed by atoms with van der Waals surface area (Å²) >= 11 is 0. The summed E-state index contributed by atoms with van der Waals surface area (Å²) in [6.45, 7) is 6.64. The number of hydrogen-bond acceptors (Lipinski definition) is 3. The van der Waals surface area contributed by atoms with Gasteiger partial charge in [0, 0.05) is 12.2 Å². The first kappa shape index (κ1) is 30.6. The van der Waals surface area contributed by atoms with Crippen LogP contribution in [0.4, 0.5) is 17.6 Å². The van der Waals surface area contributed by atoms with Gasteiger partial charge < -0.3 is 14.2 Å². The van der Waals surface area contributed by atoms with Crippen LogP contribution in [0.1, 0.15) is 106 Å². The standard InChI is InChI=1S/C33H42F4O3/c1-3-5-19-38-25-12-7-22(8-13-25)27-16-17-28(32(36)31(27)35)23-9-14-26(15-10-23)40-21-24-11-18-29(33(37)30(24)34)39-20-6-4-2/h4,11,16-18,22-23,25-26H,2-3,5-10,12-15,19-21H2,1H3. The highest BCUT2D eigenvalue weighted by Gasteiger charge is 2.30. The Morgan fingerprint density at radius 2 is 1.30 bits per heavy atom. The van der Waals surface area contributed by atoms with Crippen molar-refractivity contribution in [3.63, 3.8) is 0 Å². The molecule has 2 fully saturated rings. The summed E-state index contributed by atoms with van der Waals surface area (Å²) in [7, 11) is 0. The molecular formula is C33H42F4O3. The average Bonchev–Trinajstić information content (AvgIpc) is 2.97. The van der Waals surface area contributed by atoms with Gasteiger partial charge in [-0.15, -0.1) is 6.58 Å². The van der Waals surface area contributed by atoms with Crippen LogP contribution in [0.15, 0.2) is 36.9 Å². The van der Waals surface area contributed by atoms with Crippen molar-refractivity contribution in [2.75, 3.05) is 13.2 Å². The van der Waals surface area contributed by atoms with Gasteiger partial charge in [-0.1, -0.05) is 31.6 Å². The number of ether oxygens (including phenoxy) is 3. The molecule has 4 rings (SSSR count). The van der Waals surface area contributed by atoms with Gasteiger partial charge >= 0.3 is 0 Å². The van der Waals surface area contributed by atoms with E-state index in [4.69, 9.17) is 14.2 Å². The molecule has 2 aromatic carbocycles. The number of unbranched alkanes of at least 4 members (excludes halogenated alkanes) is 1. The van der Waals surface area contributed by atoms with E-state index in [1.807, 2.05) is 0 Å². The molecule has 0 heterocycles. The first-order valence-corrected chi connectivity index (χ1v) is 14.8. The Morgan fingerprint density at radius 1 is 0.725 bits per heavy atom. The van der Waals surface area contributed by atoms with E-state index in [0.717, 1.165) is 45.1 Å². The summed E-state index contributed by atoms with van der Waals surface area (Å²) in [5.74, 6) is -3.63. The van der Waals surface area contributed by atoms with Gasteiger partial charge in [-0.05, 0) is 99.3 Å². The Labute approximate surface area is 235 Å². The second kappa shape index (κ2) is 15.0. The Balaban J connectivity index is 1.27. The summed E-state index contributed by atoms with van der Waals surface area (Å²) in [6, 6.07) is 6.42. The van der Waals surface area contributed by atoms with Crippen molar-refractivity contribution in [1.82, 2.24) is 0 Å². The lowest BCUT2D eigenvalue weighted by Crippen LogP contribution is -2.23. The van der Waals surface area contributed by atoms with Crippen LogP contribution in [0.25, 0.3) is 0 Å². The predicted molar refractivity (Wildman–Crippen MR) is 149 cm³/mol. The van der Waals surface area contributed by atoms with Crippen molar-refractivity contribution < 1.29 is 31.8 Å². The normalized spacial score (nSPS) is 23.2. The lowest BCUT2D eigenvalue weighted by atomic mass is 9.79. The van der Waals surface area contributed by atoms with Crippen LogP contribution >= 0.6 is 0 Å². The van der Waals surface area contributed by atoms with Crippen LogP contribution in [-0.4, -0.2) is 25.4 Å². The van der Waals surface area contributed by atoms with E-state index in [1.165, 1.54) is 12.1 Å². The summed E-state index contributed by atoms with van der Waals surface area (Å²) in [5.41, 5.74) is 1.04. The van der Waals surface area contributed by atoms with Crippen molar-refractivity contribution in [3.8, 4) is 5.75 Å². The predicted octanol–water partition coefficient (Wildman–Crippen LogP) is 9.28. The van der Waals surface area contributed by atoms with E-state index in [9.17, 15) is 8.78 Å². The van der Waals surface area contributed by atoms with Gasteiger partial charge in [0.25, 0.3) is 0 Å². The molecule has 2 aromatic rings. The maximum Gasteiger partial charge on any atom is 0.200 e. The van der Waals surface area contributed by atoms with Gasteiger partial charge in [-0.25, -0.2) is 13.2 Å². The van der Waals surface area contributed by atoms with E-state index in [2.05, 4.69) is 13.5 Å². The molecule has 0 saturated heterocycles. The maximum absolute atomic E-state index is 15.2. The minimum atomic E-state index is -1.02. The second-order valence-electron chi connectivity index (χ2n) is 11.1. The summed E-state index contributed by atoms with van der Waals surface area (Å²) in [6.07, 6.45) is 10.4. The third kappa shape index (κ3) is 7.67. The Morgan fingerprint density at radius 3 is 1.85 bits per heavy atom. The molecule has 0 amide bonds. The highest BCUT2D eigenvalue weighted by molar-refractivity contribution is 5.32. The highest BCUT2D eigenvalue weighted by atomic mass is 19.2. The van der Waals surface area contributed by atoms with E-state index in [0.29, 0.717) is 43.2 Å². The minimum Gasteiger partial charge on any atom is -0.490 e. The zero-order chi connectivity index (χ0) is 28.5. The van der Waals surface area contributed by atoms with Crippen molar-refractivity contribution in [2.24, 2.45) is 0 Å². The first-order chi connectivity index (χ1) is 19.4. The molecule has 0 bridgehead atoms. The molecule has 2 aliphatic carbocycles. The molecule has 40 heavy (non-hydrogen) atoms. The minimum absolute atomic E-state index is 0.0247. The van der Waals surface area contributed by atoms with E-state index >= 15 is 8.78 Å². The third-order valence-electron chi connectivity index (χ3n) is 8.40. The van der Waals surface area contributed by atoms with Crippen LogP contribution in [0, 0.1) is 23.3 Å². The topological polar surface area (TPSA) is 27.7 Å². The van der Waals surface area contributed by atoms with E-state index in [1.54, 1.807) is 18.2 Å². The second-order valence-corrected chi connectivity index (χ2v) is 11.1. The van der Waals surface area contributed by atoms with Crippen LogP contribution in [0.3, 0.4) is 0 Å². The number of halogens is 4. The van der Waals surface area contributed by atoms with Gasteiger partial charge in [0.05, 0.1) is 25.4 Å². The van der Waals surface area contributed by atoms with E-state index in [-0.39, 0.29) is 48.6 Å². The lowest BCUT2D eigenvalue weighted by Gasteiger charge is -2.31. The van der Waals surface area contributed by atoms with Crippen molar-refractivity contribution in [1.29, 1.82) is 0 Å². The van der Waals surface area contributed by atoms with Gasteiger partial charge in [-0.3, -0.25) is 0 Å². The largest absolute Gasteiger partial charge is 0.490 e. The molecule has 3 nitrogen and oxygen atoms in total. The van der Waals surface area contributed by atoms with Crippen LogP contribution in [0.2, 0.25) is 0 Å². The third-order valence-corrected chi connectivity index (χ3v) is 8.40. The summed E-state index contributed by atoms with van der Waals surface area (Å²) < 4.78 is 76.3. The van der Waals surface area contributed by atoms with Crippen molar-refractivity contribution in [3.05, 3.63) is 76.9 Å². The molecule has 0 aromatic heterocycles.